The monoisotopic (exact) mass is 1100 g/mol. The molecule has 3 aromatic heterocycles. The highest BCUT2D eigenvalue weighted by molar-refractivity contribution is 5.97. The van der Waals surface area contributed by atoms with Gasteiger partial charge in [0.15, 0.2) is 5.65 Å². The molecule has 26 nitrogen and oxygen atoms in total. The Bertz CT molecular complexity index is 2880. The number of carbonyl (C=O) groups is 9. The zero-order valence-corrected chi connectivity index (χ0v) is 43.7. The van der Waals surface area contributed by atoms with Crippen molar-refractivity contribution in [1.82, 2.24) is 50.3 Å². The van der Waals surface area contributed by atoms with E-state index in [1.165, 1.54) is 16.8 Å². The quantitative estimate of drug-likeness (QED) is 0.0337. The lowest BCUT2D eigenvalue weighted by Gasteiger charge is -2.28. The van der Waals surface area contributed by atoms with Gasteiger partial charge in [-0.3, -0.25) is 42.9 Å². The fraction of sp³-hybridized carbons (Fsp3) is 0.415. The average Bonchev–Trinajstić information content (AvgIpc) is 4.06. The van der Waals surface area contributed by atoms with Gasteiger partial charge >= 0.3 is 30.1 Å². The molecule has 0 radical (unpaired) electrons. The third-order valence-corrected chi connectivity index (χ3v) is 12.3. The first-order chi connectivity index (χ1) is 37.9. The van der Waals surface area contributed by atoms with E-state index in [0.717, 1.165) is 31.1 Å². The molecule has 3 unspecified atom stereocenters. The summed E-state index contributed by atoms with van der Waals surface area (Å²) in [5.74, 6) is -8.18. The number of rotatable bonds is 29. The van der Waals surface area contributed by atoms with Crippen molar-refractivity contribution in [2.45, 2.75) is 70.0 Å². The van der Waals surface area contributed by atoms with Crippen LogP contribution in [-0.4, -0.2) is 189 Å². The highest BCUT2D eigenvalue weighted by atomic mass is 16.6. The molecule has 26 heteroatoms. The van der Waals surface area contributed by atoms with Crippen molar-refractivity contribution in [2.75, 3.05) is 72.7 Å². The van der Waals surface area contributed by atoms with Crippen LogP contribution < -0.4 is 26.0 Å². The normalized spacial score (nSPS) is 13.5. The van der Waals surface area contributed by atoms with Crippen LogP contribution in [0.2, 0.25) is 0 Å². The Morgan fingerprint density at radius 1 is 0.696 bits per heavy atom. The van der Waals surface area contributed by atoms with Crippen molar-refractivity contribution in [3.63, 3.8) is 0 Å². The van der Waals surface area contributed by atoms with Gasteiger partial charge in [-0.25, -0.2) is 19.6 Å². The molecule has 3 atom stereocenters. The molecule has 0 aliphatic carbocycles. The number of hydrogen-bond acceptors (Lipinski definition) is 16. The number of ether oxygens (including phenoxy) is 3. The second kappa shape index (κ2) is 29.6. The minimum Gasteiger partial charge on any atom is -0.481 e. The number of nitrogens with zero attached hydrogens (tertiary/aromatic N) is 6. The summed E-state index contributed by atoms with van der Waals surface area (Å²) in [7, 11) is 1.48. The minimum atomic E-state index is -1.92. The van der Waals surface area contributed by atoms with Gasteiger partial charge < -0.3 is 65.0 Å². The molecule has 2 aromatic carbocycles. The summed E-state index contributed by atoms with van der Waals surface area (Å²) in [4.78, 5) is 128. The third-order valence-electron chi connectivity index (χ3n) is 12.3. The predicted molar refractivity (Wildman–Crippen MR) is 278 cm³/mol. The van der Waals surface area contributed by atoms with Crippen LogP contribution in [0.5, 0.6) is 5.88 Å². The Morgan fingerprint density at radius 2 is 1.32 bits per heavy atom. The second-order valence-corrected chi connectivity index (χ2v) is 18.4. The number of aliphatic carboxylic acids is 3. The number of hydrogen-bond donors (Lipinski definition) is 7. The van der Waals surface area contributed by atoms with Crippen molar-refractivity contribution in [3.8, 4) is 17.1 Å². The van der Waals surface area contributed by atoms with Gasteiger partial charge in [0.25, 0.3) is 0 Å². The molecule has 1 saturated heterocycles. The molecule has 7 N–H and O–H groups in total. The summed E-state index contributed by atoms with van der Waals surface area (Å²) in [6, 6.07) is 17.6. The smallest absolute Gasteiger partial charge is 0.416 e. The van der Waals surface area contributed by atoms with Gasteiger partial charge in [0.05, 0.1) is 63.2 Å². The van der Waals surface area contributed by atoms with E-state index in [4.69, 9.17) is 33.7 Å². The second-order valence-electron chi connectivity index (χ2n) is 18.4. The number of nitrogens with one attached hydrogen (secondary N) is 4. The molecule has 1 aliphatic rings. The Balaban J connectivity index is 1.10. The number of carboxylic acid groups (broad SMARTS) is 3. The molecule has 6 rings (SSSR count). The number of benzene rings is 2. The molecular weight excluding hydrogens is 1030 g/mol. The molecule has 1 fully saturated rings. The fourth-order valence-corrected chi connectivity index (χ4v) is 8.32. The van der Waals surface area contributed by atoms with E-state index in [1.54, 1.807) is 29.0 Å². The van der Waals surface area contributed by atoms with E-state index >= 15 is 0 Å². The molecular formula is C53H64N10O16. The Labute approximate surface area is 453 Å². The number of likely N-dealkylation sites (N-methyl/N-ethyl adjacent to an activating group) is 1. The lowest BCUT2D eigenvalue weighted by Crippen LogP contribution is -2.57. The van der Waals surface area contributed by atoms with Crippen molar-refractivity contribution >= 4 is 59.4 Å². The molecule has 0 bridgehead atoms. The summed E-state index contributed by atoms with van der Waals surface area (Å²) < 4.78 is 24.8. The van der Waals surface area contributed by atoms with Crippen LogP contribution in [0.3, 0.4) is 0 Å². The summed E-state index contributed by atoms with van der Waals surface area (Å²) in [6.07, 6.45) is 0.125. The Kier molecular flexibility index (Phi) is 22.2. The van der Waals surface area contributed by atoms with Crippen LogP contribution in [0.25, 0.3) is 16.9 Å². The number of carboxylic acids is 3. The lowest BCUT2D eigenvalue weighted by atomic mass is 10.1. The largest absolute Gasteiger partial charge is 0.481 e. The van der Waals surface area contributed by atoms with E-state index in [2.05, 4.69) is 20.9 Å². The maximum Gasteiger partial charge on any atom is 0.416 e. The first-order valence-corrected chi connectivity index (χ1v) is 25.4. The van der Waals surface area contributed by atoms with E-state index in [-0.39, 0.29) is 51.5 Å². The number of amides is 6. The van der Waals surface area contributed by atoms with Crippen molar-refractivity contribution in [2.24, 2.45) is 0 Å². The van der Waals surface area contributed by atoms with Crippen LogP contribution in [0.15, 0.2) is 89.7 Å². The van der Waals surface area contributed by atoms with Crippen LogP contribution in [0.1, 0.15) is 61.7 Å². The molecule has 422 valence electrons. The number of aromatic nitrogens is 3. The van der Waals surface area contributed by atoms with Gasteiger partial charge in [0, 0.05) is 78.0 Å². The van der Waals surface area contributed by atoms with Gasteiger partial charge in [0.2, 0.25) is 29.5 Å². The van der Waals surface area contributed by atoms with E-state index in [9.17, 15) is 53.4 Å². The zero-order chi connectivity index (χ0) is 56.8. The van der Waals surface area contributed by atoms with Gasteiger partial charge in [-0.1, -0.05) is 60.7 Å². The van der Waals surface area contributed by atoms with E-state index < -0.39 is 91.1 Å². The van der Waals surface area contributed by atoms with Crippen molar-refractivity contribution < 1.29 is 77.1 Å². The Hall–Kier alpha value is -8.91. The molecule has 5 aromatic rings. The zero-order valence-electron chi connectivity index (χ0n) is 43.7. The van der Waals surface area contributed by atoms with Crippen LogP contribution in [0.4, 0.5) is 9.59 Å². The molecule has 0 saturated carbocycles. The average molecular weight is 1100 g/mol. The predicted octanol–water partition coefficient (Wildman–Crippen LogP) is 2.17. The minimum absolute atomic E-state index is 0.00523. The van der Waals surface area contributed by atoms with Crippen LogP contribution in [0, 0.1) is 0 Å². The topological polar surface area (TPSA) is 343 Å². The fourth-order valence-electron chi connectivity index (χ4n) is 8.32. The third kappa shape index (κ3) is 18.7. The van der Waals surface area contributed by atoms with Crippen LogP contribution >= 0.6 is 0 Å². The maximum absolute atomic E-state index is 14.6. The summed E-state index contributed by atoms with van der Waals surface area (Å²) in [6.45, 7) is 4.19. The SMILES string of the molecule is CC(=O)NC(CC(=O)O)C(=O)NC(CC(=O)O)C(=O)NC(CC(=O)O)C(=O)NCCCOC(=O)N(C)CCN(CCCN1CCOCC1)C(=O)Oc1c(Cc2ccco2)nc2c(Cc3ccccc3)nc(-c3ccccc3)cn12. The van der Waals surface area contributed by atoms with Gasteiger partial charge in [-0.05, 0) is 30.5 Å². The van der Waals surface area contributed by atoms with Crippen molar-refractivity contribution in [3.05, 3.63) is 108 Å². The highest BCUT2D eigenvalue weighted by Crippen LogP contribution is 2.30. The molecule has 6 amide bonds. The van der Waals surface area contributed by atoms with Crippen molar-refractivity contribution in [1.29, 1.82) is 0 Å². The number of morpholine rings is 1. The molecule has 1 aliphatic heterocycles. The summed E-state index contributed by atoms with van der Waals surface area (Å²) in [5.41, 5.74) is 4.02. The van der Waals surface area contributed by atoms with Crippen LogP contribution in [-0.2, 0) is 55.9 Å². The number of carbonyl (C=O) groups excluding carboxylic acids is 6. The maximum atomic E-state index is 14.6. The summed E-state index contributed by atoms with van der Waals surface area (Å²) in [5, 5.41) is 36.7. The summed E-state index contributed by atoms with van der Waals surface area (Å²) >= 11 is 0. The first-order valence-electron chi connectivity index (χ1n) is 25.4. The lowest BCUT2D eigenvalue weighted by molar-refractivity contribution is -0.144. The van der Waals surface area contributed by atoms with Gasteiger partial charge in [-0.15, -0.1) is 0 Å². The standard InChI is InChI=1S/C53H64N10O16/c1-34(64)55-40(31-45(67)68)49(72)59-41(32-46(69)70)50(73)58-39(30-44(65)66)48(71)54-17-10-25-78-52(74)60(2)20-21-62(19-11-18-61-22-26-76-27-23-61)53(75)79-51-42(29-37-16-9-24-77-37)57-47-38(28-35-12-5-3-6-13-35)56-43(33-63(47)51)36-14-7-4-8-15-36/h3-9,12-16,24,33,39-41H,10-11,17-23,25-32H2,1-2H3,(H,54,71)(H,55,64)(H,58,73)(H,59,72)(H,65,66)(H,67,68)(H,69,70). The van der Waals surface area contributed by atoms with Gasteiger partial charge in [0.1, 0.15) is 29.6 Å². The van der Waals surface area contributed by atoms with Gasteiger partial charge in [-0.2, -0.15) is 0 Å². The van der Waals surface area contributed by atoms with E-state index in [1.807, 2.05) is 66.0 Å². The Morgan fingerprint density at radius 3 is 1.92 bits per heavy atom. The number of furan rings is 1. The molecule has 79 heavy (non-hydrogen) atoms. The molecule has 0 spiro atoms. The molecule has 4 heterocycles. The number of fused-ring (bicyclic) bond motifs is 1. The highest BCUT2D eigenvalue weighted by Gasteiger charge is 2.33. The van der Waals surface area contributed by atoms with E-state index in [0.29, 0.717) is 61.1 Å². The first kappa shape index (κ1) is 59.3. The number of imidazole rings is 1.